The standard InChI is InChI=1S/C23H27Cl3N2O2S/c1-4-15(2)27-23(30)16(3)28(14-17-5-6-19(25)13-21(17)26)22(29)11-12-31-20-9-7-18(24)8-10-20/h5-10,13,15-16H,4,11-12,14H2,1-3H3,(H,27,30)/t15-,16-/m0/s1. The fourth-order valence-electron chi connectivity index (χ4n) is 2.81. The lowest BCUT2D eigenvalue weighted by molar-refractivity contribution is -0.140. The van der Waals surface area contributed by atoms with Gasteiger partial charge in [0.2, 0.25) is 11.8 Å². The molecule has 0 saturated heterocycles. The van der Waals surface area contributed by atoms with Crippen molar-refractivity contribution >= 4 is 58.4 Å². The summed E-state index contributed by atoms with van der Waals surface area (Å²) in [4.78, 5) is 28.5. The van der Waals surface area contributed by atoms with Crippen LogP contribution in [0.2, 0.25) is 15.1 Å². The molecule has 0 saturated carbocycles. The van der Waals surface area contributed by atoms with Crippen molar-refractivity contribution in [2.24, 2.45) is 0 Å². The maximum atomic E-state index is 13.1. The van der Waals surface area contributed by atoms with Gasteiger partial charge in [0.05, 0.1) is 0 Å². The summed E-state index contributed by atoms with van der Waals surface area (Å²) in [6, 6.07) is 12.0. The predicted octanol–water partition coefficient (Wildman–Crippen LogP) is 6.46. The zero-order chi connectivity index (χ0) is 23.0. The highest BCUT2D eigenvalue weighted by atomic mass is 35.5. The highest BCUT2D eigenvalue weighted by Crippen LogP contribution is 2.25. The van der Waals surface area contributed by atoms with Gasteiger partial charge in [-0.1, -0.05) is 47.8 Å². The number of hydrogen-bond acceptors (Lipinski definition) is 3. The summed E-state index contributed by atoms with van der Waals surface area (Å²) in [5.41, 5.74) is 0.743. The Balaban J connectivity index is 2.11. The number of nitrogens with zero attached hydrogens (tertiary/aromatic N) is 1. The van der Waals surface area contributed by atoms with E-state index >= 15 is 0 Å². The normalized spacial score (nSPS) is 12.8. The Morgan fingerprint density at radius 3 is 2.29 bits per heavy atom. The lowest BCUT2D eigenvalue weighted by Gasteiger charge is -2.30. The quantitative estimate of drug-likeness (QED) is 0.380. The summed E-state index contributed by atoms with van der Waals surface area (Å²) < 4.78 is 0. The van der Waals surface area contributed by atoms with Gasteiger partial charge >= 0.3 is 0 Å². The number of hydrogen-bond donors (Lipinski definition) is 1. The van der Waals surface area contributed by atoms with E-state index in [0.717, 1.165) is 16.9 Å². The van der Waals surface area contributed by atoms with Crippen LogP contribution in [0.3, 0.4) is 0 Å². The number of rotatable bonds is 10. The minimum absolute atomic E-state index is 0.0338. The molecule has 2 amide bonds. The van der Waals surface area contributed by atoms with Gasteiger partial charge in [0.15, 0.2) is 0 Å². The molecule has 168 valence electrons. The molecule has 2 rings (SSSR count). The molecule has 1 N–H and O–H groups in total. The first-order chi connectivity index (χ1) is 14.7. The first-order valence-electron chi connectivity index (χ1n) is 10.1. The number of thioether (sulfide) groups is 1. The van der Waals surface area contributed by atoms with Crippen molar-refractivity contribution in [3.8, 4) is 0 Å². The van der Waals surface area contributed by atoms with Crippen LogP contribution in [0, 0.1) is 0 Å². The van der Waals surface area contributed by atoms with E-state index < -0.39 is 6.04 Å². The monoisotopic (exact) mass is 500 g/mol. The predicted molar refractivity (Wildman–Crippen MR) is 131 cm³/mol. The second kappa shape index (κ2) is 12.6. The molecule has 2 aromatic rings. The van der Waals surface area contributed by atoms with Gasteiger partial charge in [-0.05, 0) is 62.2 Å². The molecule has 8 heteroatoms. The van der Waals surface area contributed by atoms with Crippen LogP contribution in [0.25, 0.3) is 0 Å². The Morgan fingerprint density at radius 2 is 1.68 bits per heavy atom. The van der Waals surface area contributed by atoms with Crippen LogP contribution in [-0.2, 0) is 16.1 Å². The van der Waals surface area contributed by atoms with Crippen molar-refractivity contribution in [1.82, 2.24) is 10.2 Å². The Kier molecular flexibility index (Phi) is 10.5. The van der Waals surface area contributed by atoms with E-state index in [9.17, 15) is 9.59 Å². The zero-order valence-corrected chi connectivity index (χ0v) is 20.9. The molecular weight excluding hydrogens is 475 g/mol. The second-order valence-corrected chi connectivity index (χ2v) is 9.75. The Morgan fingerprint density at radius 1 is 1.03 bits per heavy atom. The number of amides is 2. The van der Waals surface area contributed by atoms with Gasteiger partial charge in [0.1, 0.15) is 6.04 Å². The van der Waals surface area contributed by atoms with Gasteiger partial charge in [-0.3, -0.25) is 9.59 Å². The van der Waals surface area contributed by atoms with Crippen LogP contribution in [0.1, 0.15) is 39.2 Å². The maximum absolute atomic E-state index is 13.1. The van der Waals surface area contributed by atoms with Crippen molar-refractivity contribution in [3.63, 3.8) is 0 Å². The third-order valence-corrected chi connectivity index (χ3v) is 6.78. The molecule has 0 bridgehead atoms. The molecule has 0 heterocycles. The fraction of sp³-hybridized carbons (Fsp3) is 0.391. The Labute approximate surface area is 203 Å². The second-order valence-electron chi connectivity index (χ2n) is 7.30. The van der Waals surface area contributed by atoms with Crippen LogP contribution in [-0.4, -0.2) is 34.6 Å². The van der Waals surface area contributed by atoms with E-state index in [1.54, 1.807) is 41.8 Å². The Hall–Kier alpha value is -1.40. The van der Waals surface area contributed by atoms with Gasteiger partial charge in [-0.25, -0.2) is 0 Å². The van der Waals surface area contributed by atoms with E-state index in [2.05, 4.69) is 5.32 Å². The molecule has 0 aliphatic carbocycles. The average Bonchev–Trinajstić information content (AvgIpc) is 2.73. The van der Waals surface area contributed by atoms with Gasteiger partial charge in [0.25, 0.3) is 0 Å². The molecule has 0 unspecified atom stereocenters. The molecule has 0 radical (unpaired) electrons. The van der Waals surface area contributed by atoms with Crippen molar-refractivity contribution < 1.29 is 9.59 Å². The van der Waals surface area contributed by atoms with Crippen LogP contribution in [0.4, 0.5) is 0 Å². The highest BCUT2D eigenvalue weighted by Gasteiger charge is 2.27. The number of benzene rings is 2. The van der Waals surface area contributed by atoms with E-state index in [0.29, 0.717) is 27.2 Å². The minimum Gasteiger partial charge on any atom is -0.352 e. The van der Waals surface area contributed by atoms with Crippen LogP contribution < -0.4 is 5.32 Å². The van der Waals surface area contributed by atoms with Crippen LogP contribution in [0.15, 0.2) is 47.4 Å². The molecule has 0 aliphatic rings. The topological polar surface area (TPSA) is 49.4 Å². The molecule has 2 atom stereocenters. The molecule has 0 fully saturated rings. The summed E-state index contributed by atoms with van der Waals surface area (Å²) in [6.07, 6.45) is 1.10. The highest BCUT2D eigenvalue weighted by molar-refractivity contribution is 7.99. The van der Waals surface area contributed by atoms with Gasteiger partial charge in [-0.15, -0.1) is 11.8 Å². The largest absolute Gasteiger partial charge is 0.352 e. The third-order valence-electron chi connectivity index (χ3n) is 4.92. The van der Waals surface area contributed by atoms with Crippen molar-refractivity contribution in [1.29, 1.82) is 0 Å². The number of carbonyl (C=O) groups excluding carboxylic acids is 2. The summed E-state index contributed by atoms with van der Waals surface area (Å²) in [5.74, 6) is 0.294. The lowest BCUT2D eigenvalue weighted by Crippen LogP contribution is -2.49. The number of halogens is 3. The molecule has 0 spiro atoms. The van der Waals surface area contributed by atoms with E-state index in [-0.39, 0.29) is 24.4 Å². The molecule has 0 aromatic heterocycles. The zero-order valence-electron chi connectivity index (χ0n) is 17.8. The van der Waals surface area contributed by atoms with E-state index in [4.69, 9.17) is 34.8 Å². The number of nitrogens with one attached hydrogen (secondary N) is 1. The molecule has 2 aromatic carbocycles. The summed E-state index contributed by atoms with van der Waals surface area (Å²) >= 11 is 19.8. The maximum Gasteiger partial charge on any atom is 0.242 e. The summed E-state index contributed by atoms with van der Waals surface area (Å²) in [6.45, 7) is 5.91. The summed E-state index contributed by atoms with van der Waals surface area (Å²) in [7, 11) is 0. The van der Waals surface area contributed by atoms with E-state index in [1.807, 2.05) is 38.1 Å². The SMILES string of the molecule is CC[C@H](C)NC(=O)[C@H](C)N(Cc1ccc(Cl)cc1Cl)C(=O)CCSc1ccc(Cl)cc1. The smallest absolute Gasteiger partial charge is 0.242 e. The van der Waals surface area contributed by atoms with Gasteiger partial charge in [-0.2, -0.15) is 0 Å². The minimum atomic E-state index is -0.631. The Bertz CT molecular complexity index is 893. The molecule has 0 aliphatic heterocycles. The van der Waals surface area contributed by atoms with Crippen molar-refractivity contribution in [2.45, 2.75) is 57.1 Å². The van der Waals surface area contributed by atoms with Gasteiger partial charge in [0, 0.05) is 44.7 Å². The number of carbonyl (C=O) groups is 2. The summed E-state index contributed by atoms with van der Waals surface area (Å²) in [5, 5.41) is 4.62. The van der Waals surface area contributed by atoms with Crippen molar-refractivity contribution in [2.75, 3.05) is 5.75 Å². The van der Waals surface area contributed by atoms with Crippen LogP contribution >= 0.6 is 46.6 Å². The van der Waals surface area contributed by atoms with Gasteiger partial charge < -0.3 is 10.2 Å². The molecule has 31 heavy (non-hydrogen) atoms. The average molecular weight is 502 g/mol. The molecular formula is C23H27Cl3N2O2S. The van der Waals surface area contributed by atoms with E-state index in [1.165, 1.54) is 0 Å². The fourth-order valence-corrected chi connectivity index (χ4v) is 4.25. The van der Waals surface area contributed by atoms with Crippen LogP contribution in [0.5, 0.6) is 0 Å². The lowest BCUT2D eigenvalue weighted by atomic mass is 10.1. The van der Waals surface area contributed by atoms with Crippen molar-refractivity contribution in [3.05, 3.63) is 63.1 Å². The molecule has 4 nitrogen and oxygen atoms in total. The first kappa shape index (κ1) is 25.9. The third kappa shape index (κ3) is 8.23. The first-order valence-corrected chi connectivity index (χ1v) is 12.2.